The summed E-state index contributed by atoms with van der Waals surface area (Å²) in [6.45, 7) is 4.56. The highest BCUT2D eigenvalue weighted by atomic mass is 19.1. The van der Waals surface area contributed by atoms with E-state index in [4.69, 9.17) is 9.26 Å². The lowest BCUT2D eigenvalue weighted by Crippen LogP contribution is -2.27. The first kappa shape index (κ1) is 44.4. The quantitative estimate of drug-likeness (QED) is 0.0421. The molecule has 0 bridgehead atoms. The van der Waals surface area contributed by atoms with Gasteiger partial charge in [0.2, 0.25) is 0 Å². The molecule has 60 heavy (non-hydrogen) atoms. The predicted molar refractivity (Wildman–Crippen MR) is 241 cm³/mol. The van der Waals surface area contributed by atoms with Gasteiger partial charge in [-0.15, -0.1) is 0 Å². The van der Waals surface area contributed by atoms with Crippen LogP contribution in [0.3, 0.4) is 0 Å². The normalized spacial score (nSPS) is 13.7. The third-order valence-corrected chi connectivity index (χ3v) is 14.2. The van der Waals surface area contributed by atoms with E-state index in [2.05, 4.69) is 40.5 Å². The van der Waals surface area contributed by atoms with Crippen molar-refractivity contribution in [2.75, 3.05) is 0 Å². The molecule has 0 spiro atoms. The van der Waals surface area contributed by atoms with Crippen molar-refractivity contribution in [1.82, 2.24) is 20.6 Å². The van der Waals surface area contributed by atoms with E-state index in [9.17, 15) is 0 Å². The largest absolute Gasteiger partial charge is 0.243 e. The summed E-state index contributed by atoms with van der Waals surface area (Å²) in [4.78, 5) is 0. The third kappa shape index (κ3) is 9.99. The van der Waals surface area contributed by atoms with Gasteiger partial charge in [0.15, 0.2) is 0 Å². The molecule has 2 aromatic heterocycles. The Morgan fingerprint density at radius 3 is 1.33 bits per heavy atom. The zero-order valence-electron chi connectivity index (χ0n) is 37.1. The van der Waals surface area contributed by atoms with Gasteiger partial charge in [0, 0.05) is 45.2 Å². The van der Waals surface area contributed by atoms with Gasteiger partial charge < -0.3 is 0 Å². The van der Waals surface area contributed by atoms with Crippen LogP contribution in [-0.4, -0.2) is 20.6 Å². The van der Waals surface area contributed by atoms with Crippen LogP contribution in [0.1, 0.15) is 229 Å². The molecule has 0 atom stereocenters. The number of halogens is 2. The first-order valence-corrected chi connectivity index (χ1v) is 24.7. The van der Waals surface area contributed by atoms with E-state index in [1.54, 1.807) is 0 Å². The Morgan fingerprint density at radius 1 is 0.450 bits per heavy atom. The lowest BCUT2D eigenvalue weighted by atomic mass is 9.69. The summed E-state index contributed by atoms with van der Waals surface area (Å²) in [6.07, 6.45) is 37.7. The van der Waals surface area contributed by atoms with Gasteiger partial charge in [0.05, 0.1) is 0 Å². The highest BCUT2D eigenvalue weighted by Gasteiger charge is 2.49. The predicted octanol–water partition coefficient (Wildman–Crippen LogP) is 16.6. The highest BCUT2D eigenvalue weighted by molar-refractivity contribution is 6.03. The van der Waals surface area contributed by atoms with Crippen molar-refractivity contribution in [3.05, 3.63) is 58.2 Å². The fraction of sp³-hybridized carbons (Fsp3) is 0.654. The van der Waals surface area contributed by atoms with Crippen LogP contribution in [0, 0.1) is 11.6 Å². The monoisotopic (exact) mass is 823 g/mol. The van der Waals surface area contributed by atoms with Crippen LogP contribution in [0.25, 0.3) is 44.3 Å². The molecule has 0 amide bonds. The van der Waals surface area contributed by atoms with Gasteiger partial charge in [-0.2, -0.15) is 0 Å². The molecule has 5 aromatic rings. The molecular formula is C52H72F2N4O2. The number of rotatable bonds is 30. The molecular weight excluding hydrogens is 751 g/mol. The lowest BCUT2D eigenvalue weighted by Gasteiger charge is -2.33. The molecule has 7 rings (SSSR count). The first-order chi connectivity index (χ1) is 29.6. The van der Waals surface area contributed by atoms with Crippen LogP contribution >= 0.6 is 0 Å². The summed E-state index contributed by atoms with van der Waals surface area (Å²) >= 11 is 0. The fourth-order valence-electron chi connectivity index (χ4n) is 10.9. The minimum absolute atomic E-state index is 0.288. The smallest absolute Gasteiger partial charge is 0.143 e. The van der Waals surface area contributed by atoms with Crippen molar-refractivity contribution in [1.29, 1.82) is 0 Å². The van der Waals surface area contributed by atoms with Gasteiger partial charge in [-0.1, -0.05) is 206 Å². The van der Waals surface area contributed by atoms with Gasteiger partial charge >= 0.3 is 0 Å². The molecule has 0 saturated heterocycles. The number of hydrogen-bond donors (Lipinski definition) is 0. The van der Waals surface area contributed by atoms with Crippen LogP contribution in [0.2, 0.25) is 0 Å². The van der Waals surface area contributed by atoms with Crippen molar-refractivity contribution in [3.8, 4) is 22.3 Å². The van der Waals surface area contributed by atoms with E-state index in [1.165, 1.54) is 154 Å². The maximum absolute atomic E-state index is 18.0. The van der Waals surface area contributed by atoms with Gasteiger partial charge in [0.25, 0.3) is 0 Å². The number of hydrogen-bond acceptors (Lipinski definition) is 6. The summed E-state index contributed by atoms with van der Waals surface area (Å²) < 4.78 is 45.9. The fourth-order valence-corrected chi connectivity index (χ4v) is 10.9. The lowest BCUT2D eigenvalue weighted by molar-refractivity contribution is 0.315. The standard InChI is InChI=1S/C52H72F2N4O2/c1-3-5-7-9-11-13-15-17-19-21-23-25-27-29-35-52(36-30-28-26-24-22-20-18-16-14-12-10-8-6-4-2)40-32-34-42-51(58-60-56-42)45(40)46-47(52)49(54)44-39(48(46)53)37-38-31-33-41-50(43(38)44)57-59-55-41/h31-34H,3-30,35-37H2,1-2H3. The summed E-state index contributed by atoms with van der Waals surface area (Å²) in [6, 6.07) is 7.75. The van der Waals surface area contributed by atoms with Crippen molar-refractivity contribution < 1.29 is 18.0 Å². The summed E-state index contributed by atoms with van der Waals surface area (Å²) in [7, 11) is 0. The molecule has 326 valence electrons. The van der Waals surface area contributed by atoms with Crippen molar-refractivity contribution in [3.63, 3.8) is 0 Å². The molecule has 2 aliphatic rings. The molecule has 8 heteroatoms. The second-order valence-electron chi connectivity index (χ2n) is 18.5. The number of unbranched alkanes of at least 4 members (excludes halogenated alkanes) is 26. The average Bonchev–Trinajstić information content (AvgIpc) is 4.07. The molecule has 2 heterocycles. The summed E-state index contributed by atoms with van der Waals surface area (Å²) in [5.41, 5.74) is 6.13. The van der Waals surface area contributed by atoms with Crippen molar-refractivity contribution >= 4 is 22.1 Å². The number of fused-ring (bicyclic) bond motifs is 10. The molecule has 0 unspecified atom stereocenters. The molecule has 0 radical (unpaired) electrons. The van der Waals surface area contributed by atoms with E-state index in [1.807, 2.05) is 18.2 Å². The minimum Gasteiger partial charge on any atom is -0.243 e. The maximum atomic E-state index is 18.0. The average molecular weight is 823 g/mol. The third-order valence-electron chi connectivity index (χ3n) is 14.2. The van der Waals surface area contributed by atoms with Gasteiger partial charge in [-0.3, -0.25) is 0 Å². The SMILES string of the molecule is CCCCCCCCCCCCCCCCC1(CCCCCCCCCCCCCCCC)c2ccc3nonc3c2-c2c(F)c3c(c(F)c21)-c1c(ccc2nonc12)C3. The Hall–Kier alpha value is -3.68. The second-order valence-corrected chi connectivity index (χ2v) is 18.5. The zero-order valence-corrected chi connectivity index (χ0v) is 37.1. The van der Waals surface area contributed by atoms with Gasteiger partial charge in [0.1, 0.15) is 33.7 Å². The Kier molecular flexibility index (Phi) is 16.6. The second kappa shape index (κ2) is 22.4. The Bertz CT molecular complexity index is 2070. The zero-order chi connectivity index (χ0) is 41.6. The summed E-state index contributed by atoms with van der Waals surface area (Å²) in [5, 5.41) is 16.7. The van der Waals surface area contributed by atoms with Crippen molar-refractivity contribution in [2.24, 2.45) is 0 Å². The highest BCUT2D eigenvalue weighted by Crippen LogP contribution is 2.60. The maximum Gasteiger partial charge on any atom is 0.143 e. The van der Waals surface area contributed by atoms with E-state index >= 15 is 8.78 Å². The van der Waals surface area contributed by atoms with Crippen molar-refractivity contribution in [2.45, 2.75) is 218 Å². The van der Waals surface area contributed by atoms with E-state index in [0.717, 1.165) is 49.7 Å². The number of nitrogens with zero attached hydrogens (tertiary/aromatic N) is 4. The van der Waals surface area contributed by atoms with Crippen LogP contribution in [-0.2, 0) is 11.8 Å². The molecule has 0 saturated carbocycles. The van der Waals surface area contributed by atoms with E-state index in [0.29, 0.717) is 55.4 Å². The summed E-state index contributed by atoms with van der Waals surface area (Å²) in [5.74, 6) is -0.685. The topological polar surface area (TPSA) is 77.8 Å². The molecule has 0 N–H and O–H groups in total. The van der Waals surface area contributed by atoms with Crippen LogP contribution in [0.15, 0.2) is 33.5 Å². The van der Waals surface area contributed by atoms with Crippen LogP contribution in [0.5, 0.6) is 0 Å². The number of benzene rings is 3. The molecule has 2 aliphatic carbocycles. The van der Waals surface area contributed by atoms with E-state index < -0.39 is 5.41 Å². The molecule has 0 aliphatic heterocycles. The van der Waals surface area contributed by atoms with Crippen LogP contribution in [0.4, 0.5) is 8.78 Å². The van der Waals surface area contributed by atoms with E-state index in [-0.39, 0.29) is 18.1 Å². The Morgan fingerprint density at radius 2 is 0.867 bits per heavy atom. The molecule has 6 nitrogen and oxygen atoms in total. The molecule has 3 aromatic carbocycles. The first-order valence-electron chi connectivity index (χ1n) is 24.7. The molecule has 0 fully saturated rings. The Labute approximate surface area is 358 Å². The van der Waals surface area contributed by atoms with Gasteiger partial charge in [-0.05, 0) is 56.7 Å². The Balaban J connectivity index is 1.06. The van der Waals surface area contributed by atoms with Crippen LogP contribution < -0.4 is 0 Å². The minimum atomic E-state index is -0.690. The number of aromatic nitrogens is 4. The van der Waals surface area contributed by atoms with Gasteiger partial charge in [-0.25, -0.2) is 18.0 Å².